The number of nitrogens with zero attached hydrogens (tertiary/aromatic N) is 4. The van der Waals surface area contributed by atoms with Gasteiger partial charge in [-0.1, -0.05) is 194 Å². The Labute approximate surface area is 358 Å². The van der Waals surface area contributed by atoms with Crippen molar-refractivity contribution in [2.24, 2.45) is 0 Å². The van der Waals surface area contributed by atoms with Gasteiger partial charge in [0.25, 0.3) is 0 Å². The minimum Gasteiger partial charge on any atom is -0.247 e. The number of hydrogen-bond acceptors (Lipinski definition) is 5. The highest BCUT2D eigenvalue weighted by molar-refractivity contribution is 7.24. The van der Waals surface area contributed by atoms with Crippen molar-refractivity contribution in [3.63, 3.8) is 0 Å². The fourth-order valence-electron chi connectivity index (χ4n) is 8.17. The minimum atomic E-state index is 0.608. The maximum Gasteiger partial charge on any atom is 0.164 e. The second-order valence-corrected chi connectivity index (χ2v) is 16.0. The zero-order chi connectivity index (χ0) is 40.5. The van der Waals surface area contributed by atoms with Gasteiger partial charge in [-0.3, -0.25) is 0 Å². The quantitative estimate of drug-likeness (QED) is 0.154. The van der Waals surface area contributed by atoms with Gasteiger partial charge < -0.3 is 0 Å². The molecule has 0 bridgehead atoms. The van der Waals surface area contributed by atoms with Crippen LogP contribution in [0.3, 0.4) is 0 Å². The number of fused-ring (bicyclic) bond motifs is 3. The molecule has 0 fully saturated rings. The van der Waals surface area contributed by atoms with Crippen molar-refractivity contribution in [3.05, 3.63) is 218 Å². The van der Waals surface area contributed by atoms with Crippen LogP contribution in [0.5, 0.6) is 0 Å². The smallest absolute Gasteiger partial charge is 0.164 e. The van der Waals surface area contributed by atoms with E-state index in [1.807, 2.05) is 23.5 Å². The Bertz CT molecular complexity index is 3240. The highest BCUT2D eigenvalue weighted by Crippen LogP contribution is 2.50. The first-order valence-corrected chi connectivity index (χ1v) is 21.2. The molecule has 11 aromatic rings. The molecule has 286 valence electrons. The number of benzene rings is 8. The van der Waals surface area contributed by atoms with Gasteiger partial charge in [-0.2, -0.15) is 0 Å². The molecule has 3 heterocycles. The monoisotopic (exact) mass is 796 g/mol. The van der Waals surface area contributed by atoms with E-state index in [1.165, 1.54) is 15.1 Å². The van der Waals surface area contributed by atoms with Gasteiger partial charge in [0.2, 0.25) is 0 Å². The molecule has 4 nitrogen and oxygen atoms in total. The fourth-order valence-corrected chi connectivity index (χ4v) is 9.53. The molecule has 0 radical (unpaired) electrons. The van der Waals surface area contributed by atoms with Crippen LogP contribution >= 0.6 is 11.3 Å². The van der Waals surface area contributed by atoms with E-state index in [-0.39, 0.29) is 0 Å². The Morgan fingerprint density at radius 3 is 1.21 bits per heavy atom. The van der Waals surface area contributed by atoms with Crippen LogP contribution in [-0.4, -0.2) is 19.9 Å². The van der Waals surface area contributed by atoms with Gasteiger partial charge in [0.15, 0.2) is 17.5 Å². The molecule has 0 saturated carbocycles. The molecule has 0 unspecified atom stereocenters. The first-order valence-electron chi connectivity index (χ1n) is 20.4. The van der Waals surface area contributed by atoms with E-state index in [0.29, 0.717) is 17.5 Å². The van der Waals surface area contributed by atoms with Crippen molar-refractivity contribution in [2.45, 2.75) is 0 Å². The van der Waals surface area contributed by atoms with Crippen LogP contribution in [0.1, 0.15) is 0 Å². The van der Waals surface area contributed by atoms with Gasteiger partial charge in [0.1, 0.15) is 0 Å². The molecule has 0 amide bonds. The van der Waals surface area contributed by atoms with E-state index in [4.69, 9.17) is 19.9 Å². The molecule has 0 spiro atoms. The third-order valence-electron chi connectivity index (χ3n) is 11.1. The molecule has 3 aromatic heterocycles. The molecule has 0 saturated heterocycles. The van der Waals surface area contributed by atoms with Crippen LogP contribution in [0.25, 0.3) is 110 Å². The highest BCUT2D eigenvalue weighted by Gasteiger charge is 2.23. The second-order valence-electron chi connectivity index (χ2n) is 15.0. The molecule has 0 aliphatic heterocycles. The van der Waals surface area contributed by atoms with Gasteiger partial charge in [0.05, 0.1) is 11.2 Å². The summed E-state index contributed by atoms with van der Waals surface area (Å²) in [5, 5.41) is 2.30. The summed E-state index contributed by atoms with van der Waals surface area (Å²) >= 11 is 1.82. The molecule has 11 rings (SSSR count). The van der Waals surface area contributed by atoms with Crippen molar-refractivity contribution in [2.75, 3.05) is 0 Å². The normalized spacial score (nSPS) is 11.3. The van der Waals surface area contributed by atoms with Gasteiger partial charge in [0, 0.05) is 48.2 Å². The van der Waals surface area contributed by atoms with Crippen LogP contribution in [0.2, 0.25) is 0 Å². The standard InChI is InChI=1S/C56H36N4S/c1-5-18-37(19-6-1)41-26-15-29-44(34-41)54-58-55(45-30-16-27-42(35-45)38-20-7-2-8-21-38)60-56(59-54)46-31-17-28-43(36-46)52-49(39-22-9-3-10-23-39)50-51(40-24-11-4-12-25-40)57-48-33-14-13-32-47(48)53(50)61-52/h1-36H. The number of para-hydroxylation sites is 1. The number of hydrogen-bond donors (Lipinski definition) is 0. The summed E-state index contributed by atoms with van der Waals surface area (Å²) in [6.07, 6.45) is 0. The van der Waals surface area contributed by atoms with Crippen molar-refractivity contribution in [3.8, 4) is 89.2 Å². The fraction of sp³-hybridized carbons (Fsp3) is 0. The number of thiophene rings is 1. The summed E-state index contributed by atoms with van der Waals surface area (Å²) in [7, 11) is 0. The first kappa shape index (κ1) is 36.2. The molecule has 61 heavy (non-hydrogen) atoms. The van der Waals surface area contributed by atoms with Crippen molar-refractivity contribution in [1.29, 1.82) is 0 Å². The lowest BCUT2D eigenvalue weighted by Crippen LogP contribution is -2.00. The summed E-state index contributed by atoms with van der Waals surface area (Å²) in [5.41, 5.74) is 13.7. The predicted octanol–water partition coefficient (Wildman–Crippen LogP) is 15.0. The van der Waals surface area contributed by atoms with E-state index >= 15 is 0 Å². The van der Waals surface area contributed by atoms with Crippen LogP contribution in [0.4, 0.5) is 0 Å². The zero-order valence-electron chi connectivity index (χ0n) is 33.0. The molecule has 5 heteroatoms. The SMILES string of the molecule is c1ccc(-c2cccc(-c3nc(-c4cccc(-c5ccccc5)c4)nc(-c4cccc(-c5sc6c(c(-c7ccccc7)nc7ccccc76)c5-c5ccccc5)c4)n3)c2)cc1. The highest BCUT2D eigenvalue weighted by atomic mass is 32.1. The van der Waals surface area contributed by atoms with Crippen LogP contribution in [-0.2, 0) is 0 Å². The molecule has 0 atom stereocenters. The van der Waals surface area contributed by atoms with Crippen LogP contribution < -0.4 is 0 Å². The average Bonchev–Trinajstić information content (AvgIpc) is 3.76. The van der Waals surface area contributed by atoms with E-state index in [9.17, 15) is 0 Å². The third-order valence-corrected chi connectivity index (χ3v) is 12.4. The Morgan fingerprint density at radius 1 is 0.295 bits per heavy atom. The molecule has 0 aliphatic rings. The van der Waals surface area contributed by atoms with Crippen molar-refractivity contribution in [1.82, 2.24) is 19.9 Å². The maximum atomic E-state index is 5.34. The van der Waals surface area contributed by atoms with Crippen LogP contribution in [0.15, 0.2) is 218 Å². The van der Waals surface area contributed by atoms with E-state index in [0.717, 1.165) is 77.6 Å². The lowest BCUT2D eigenvalue weighted by Gasteiger charge is -2.12. The Kier molecular flexibility index (Phi) is 9.34. The van der Waals surface area contributed by atoms with Crippen LogP contribution in [0, 0.1) is 0 Å². The zero-order valence-corrected chi connectivity index (χ0v) is 33.8. The molecular weight excluding hydrogens is 761 g/mol. The van der Waals surface area contributed by atoms with Gasteiger partial charge >= 0.3 is 0 Å². The third kappa shape index (κ3) is 6.97. The largest absolute Gasteiger partial charge is 0.247 e. The summed E-state index contributed by atoms with van der Waals surface area (Å²) in [6.45, 7) is 0. The van der Waals surface area contributed by atoms with E-state index < -0.39 is 0 Å². The lowest BCUT2D eigenvalue weighted by molar-refractivity contribution is 1.07. The predicted molar refractivity (Wildman–Crippen MR) is 254 cm³/mol. The maximum absolute atomic E-state index is 5.34. The number of pyridine rings is 1. The lowest BCUT2D eigenvalue weighted by atomic mass is 9.94. The first-order chi connectivity index (χ1) is 30.2. The Balaban J connectivity index is 1.12. The summed E-state index contributed by atoms with van der Waals surface area (Å²) in [5.74, 6) is 1.84. The molecule has 8 aromatic carbocycles. The topological polar surface area (TPSA) is 51.6 Å². The van der Waals surface area contributed by atoms with E-state index in [2.05, 4.69) is 206 Å². The van der Waals surface area contributed by atoms with Crippen molar-refractivity contribution < 1.29 is 0 Å². The minimum absolute atomic E-state index is 0.608. The summed E-state index contributed by atoms with van der Waals surface area (Å²) < 4.78 is 1.21. The van der Waals surface area contributed by atoms with Gasteiger partial charge in [-0.15, -0.1) is 11.3 Å². The summed E-state index contributed by atoms with van der Waals surface area (Å²) in [6, 6.07) is 76.2. The Hall–Kier alpha value is -7.86. The number of aromatic nitrogens is 4. The molecule has 0 aliphatic carbocycles. The van der Waals surface area contributed by atoms with Gasteiger partial charge in [-0.25, -0.2) is 19.9 Å². The van der Waals surface area contributed by atoms with Crippen molar-refractivity contribution >= 4 is 32.3 Å². The van der Waals surface area contributed by atoms with E-state index in [1.54, 1.807) is 0 Å². The average molecular weight is 797 g/mol. The second kappa shape index (κ2) is 15.7. The van der Waals surface area contributed by atoms with Gasteiger partial charge in [-0.05, 0) is 57.6 Å². The molecule has 0 N–H and O–H groups in total. The number of rotatable bonds is 8. The summed E-state index contributed by atoms with van der Waals surface area (Å²) in [4.78, 5) is 22.2. The molecular formula is C56H36N4S. The Morgan fingerprint density at radius 2 is 0.689 bits per heavy atom.